The third-order valence-electron chi connectivity index (χ3n) is 5.42. The van der Waals surface area contributed by atoms with Gasteiger partial charge in [-0.15, -0.1) is 0 Å². The lowest BCUT2D eigenvalue weighted by Gasteiger charge is -2.29. The van der Waals surface area contributed by atoms with Crippen LogP contribution in [0.25, 0.3) is 22.0 Å². The highest BCUT2D eigenvalue weighted by Crippen LogP contribution is 2.26. The summed E-state index contributed by atoms with van der Waals surface area (Å²) in [5.41, 5.74) is 1.51. The van der Waals surface area contributed by atoms with E-state index in [1.165, 1.54) is 9.58 Å². The number of carbonyl (C=O) groups is 1. The fourth-order valence-corrected chi connectivity index (χ4v) is 3.60. The number of hydrogen-bond acceptors (Lipinski definition) is 4. The van der Waals surface area contributed by atoms with Gasteiger partial charge in [-0.25, -0.2) is 4.68 Å². The number of nitrogens with zero attached hydrogens (tertiary/aromatic N) is 3. The fourth-order valence-electron chi connectivity index (χ4n) is 3.60. The lowest BCUT2D eigenvalue weighted by molar-refractivity contribution is -0.883. The molecule has 1 aliphatic rings. The molecule has 7 nitrogen and oxygen atoms in total. The summed E-state index contributed by atoms with van der Waals surface area (Å²) in [5, 5.41) is 5.90. The summed E-state index contributed by atoms with van der Waals surface area (Å²) in [6.07, 6.45) is 0. The summed E-state index contributed by atoms with van der Waals surface area (Å²) >= 11 is 0. The van der Waals surface area contributed by atoms with Gasteiger partial charge < -0.3 is 14.5 Å². The number of benzene rings is 2. The normalized spacial score (nSPS) is 14.9. The lowest BCUT2D eigenvalue weighted by atomic mass is 10.1. The molecule has 1 amide bonds. The molecule has 1 aliphatic heterocycles. The second kappa shape index (κ2) is 8.05. The van der Waals surface area contributed by atoms with Crippen molar-refractivity contribution < 1.29 is 14.4 Å². The van der Waals surface area contributed by atoms with Gasteiger partial charge in [0.1, 0.15) is 5.75 Å². The number of aryl methyl sites for hydroxylation is 1. The molecule has 1 fully saturated rings. The number of ether oxygens (including phenoxy) is 1. The molecule has 0 unspecified atom stereocenters. The third kappa shape index (κ3) is 4.00. The minimum Gasteiger partial charge on any atom is -0.484 e. The van der Waals surface area contributed by atoms with E-state index in [0.29, 0.717) is 11.1 Å². The van der Waals surface area contributed by atoms with E-state index in [9.17, 15) is 9.59 Å². The molecule has 29 heavy (non-hydrogen) atoms. The lowest BCUT2D eigenvalue weighted by Crippen LogP contribution is -3.12. The van der Waals surface area contributed by atoms with Gasteiger partial charge in [0.05, 0.1) is 44.3 Å². The maximum Gasteiger partial charge on any atom is 0.274 e. The zero-order valence-electron chi connectivity index (χ0n) is 16.7. The average molecular weight is 393 g/mol. The van der Waals surface area contributed by atoms with Gasteiger partial charge in [0.25, 0.3) is 11.5 Å². The Kier molecular flexibility index (Phi) is 5.31. The van der Waals surface area contributed by atoms with Gasteiger partial charge in [0, 0.05) is 18.0 Å². The number of carbonyl (C=O) groups excluding carboxylic acids is 1. The first kappa shape index (κ1) is 19.1. The van der Waals surface area contributed by atoms with E-state index in [1.54, 1.807) is 7.05 Å². The molecular weight excluding hydrogens is 368 g/mol. The first-order valence-corrected chi connectivity index (χ1v) is 9.81. The monoisotopic (exact) mass is 393 g/mol. The van der Waals surface area contributed by atoms with Crippen LogP contribution in [0.5, 0.6) is 5.75 Å². The Bertz CT molecular complexity index is 1080. The van der Waals surface area contributed by atoms with Crippen molar-refractivity contribution in [3.05, 3.63) is 58.9 Å². The summed E-state index contributed by atoms with van der Waals surface area (Å²) < 4.78 is 7.06. The molecule has 1 saturated heterocycles. The summed E-state index contributed by atoms with van der Waals surface area (Å²) in [6.45, 7) is 3.54. The van der Waals surface area contributed by atoms with Crippen molar-refractivity contribution >= 4 is 16.7 Å². The van der Waals surface area contributed by atoms with E-state index in [-0.39, 0.29) is 18.1 Å². The van der Waals surface area contributed by atoms with Crippen molar-refractivity contribution in [2.45, 2.75) is 0 Å². The van der Waals surface area contributed by atoms with E-state index in [2.05, 4.69) is 12.1 Å². The maximum absolute atomic E-state index is 12.3. The van der Waals surface area contributed by atoms with Crippen LogP contribution in [0.3, 0.4) is 0 Å². The SMILES string of the molecule is Cn1nc(-c2ccc(OCC(=O)N3CC[NH+](C)CC3)cc2)c2ccccc2c1=O. The topological polar surface area (TPSA) is 68.9 Å². The number of nitrogens with one attached hydrogen (secondary N) is 1. The highest BCUT2D eigenvalue weighted by atomic mass is 16.5. The third-order valence-corrected chi connectivity index (χ3v) is 5.42. The van der Waals surface area contributed by atoms with Crippen molar-refractivity contribution in [1.29, 1.82) is 0 Å². The van der Waals surface area contributed by atoms with E-state index in [4.69, 9.17) is 4.74 Å². The van der Waals surface area contributed by atoms with Crippen LogP contribution in [0.2, 0.25) is 0 Å². The number of amides is 1. The molecule has 0 saturated carbocycles. The molecule has 0 atom stereocenters. The Hall–Kier alpha value is -3.19. The molecular formula is C22H25N4O3+. The maximum atomic E-state index is 12.3. The van der Waals surface area contributed by atoms with Crippen molar-refractivity contribution in [3.8, 4) is 17.0 Å². The van der Waals surface area contributed by atoms with Crippen LogP contribution >= 0.6 is 0 Å². The summed E-state index contributed by atoms with van der Waals surface area (Å²) in [6, 6.07) is 14.9. The molecule has 2 aromatic carbocycles. The van der Waals surface area contributed by atoms with Gasteiger partial charge in [0.2, 0.25) is 0 Å². The number of likely N-dealkylation sites (N-methyl/N-ethyl adjacent to an activating group) is 1. The van der Waals surface area contributed by atoms with Crippen LogP contribution in [-0.2, 0) is 11.8 Å². The summed E-state index contributed by atoms with van der Waals surface area (Å²) in [5.74, 6) is 0.656. The van der Waals surface area contributed by atoms with Crippen LogP contribution in [-0.4, -0.2) is 60.4 Å². The number of hydrogen-bond donors (Lipinski definition) is 1. The van der Waals surface area contributed by atoms with Crippen LogP contribution in [0.4, 0.5) is 0 Å². The smallest absolute Gasteiger partial charge is 0.274 e. The van der Waals surface area contributed by atoms with Gasteiger partial charge in [-0.1, -0.05) is 18.2 Å². The van der Waals surface area contributed by atoms with Crippen LogP contribution in [0.15, 0.2) is 53.3 Å². The molecule has 0 aliphatic carbocycles. The highest BCUT2D eigenvalue weighted by molar-refractivity contribution is 5.93. The Balaban J connectivity index is 1.49. The highest BCUT2D eigenvalue weighted by Gasteiger charge is 2.21. The predicted molar refractivity (Wildman–Crippen MR) is 111 cm³/mol. The number of fused-ring (bicyclic) bond motifs is 1. The molecule has 0 bridgehead atoms. The Morgan fingerprint density at radius 1 is 1.07 bits per heavy atom. The molecule has 150 valence electrons. The molecule has 0 radical (unpaired) electrons. The van der Waals surface area contributed by atoms with Crippen molar-refractivity contribution in [3.63, 3.8) is 0 Å². The molecule has 2 heterocycles. The molecule has 0 spiro atoms. The fraction of sp³-hybridized carbons (Fsp3) is 0.318. The van der Waals surface area contributed by atoms with Crippen molar-refractivity contribution in [1.82, 2.24) is 14.7 Å². The Morgan fingerprint density at radius 2 is 1.72 bits per heavy atom. The number of aromatic nitrogens is 2. The Labute approximate surface area is 169 Å². The second-order valence-corrected chi connectivity index (χ2v) is 7.47. The second-order valence-electron chi connectivity index (χ2n) is 7.47. The summed E-state index contributed by atoms with van der Waals surface area (Å²) in [4.78, 5) is 28.0. The zero-order valence-corrected chi connectivity index (χ0v) is 16.7. The van der Waals surface area contributed by atoms with E-state index < -0.39 is 0 Å². The van der Waals surface area contributed by atoms with Crippen molar-refractivity contribution in [2.24, 2.45) is 7.05 Å². The first-order valence-electron chi connectivity index (χ1n) is 9.81. The zero-order chi connectivity index (χ0) is 20.4. The van der Waals surface area contributed by atoms with Crippen LogP contribution in [0.1, 0.15) is 0 Å². The van der Waals surface area contributed by atoms with E-state index in [0.717, 1.165) is 42.8 Å². The van der Waals surface area contributed by atoms with Crippen LogP contribution in [0, 0.1) is 0 Å². The molecule has 7 heteroatoms. The molecule has 3 aromatic rings. The van der Waals surface area contributed by atoms with Gasteiger partial charge in [0.15, 0.2) is 6.61 Å². The standard InChI is InChI=1S/C22H24N4O3/c1-24-11-13-26(14-12-24)20(27)15-29-17-9-7-16(8-10-17)21-18-5-3-4-6-19(18)22(28)25(2)23-21/h3-10H,11-15H2,1-2H3/p+1. The predicted octanol–water partition coefficient (Wildman–Crippen LogP) is 0.336. The van der Waals surface area contributed by atoms with Crippen LogP contribution < -0.4 is 15.2 Å². The average Bonchev–Trinajstić information content (AvgIpc) is 2.75. The quantitative estimate of drug-likeness (QED) is 0.694. The first-order chi connectivity index (χ1) is 14.0. The summed E-state index contributed by atoms with van der Waals surface area (Å²) in [7, 11) is 3.80. The Morgan fingerprint density at radius 3 is 2.41 bits per heavy atom. The van der Waals surface area contributed by atoms with Gasteiger partial charge in [-0.05, 0) is 30.3 Å². The molecule has 4 rings (SSSR count). The van der Waals surface area contributed by atoms with Crippen molar-refractivity contribution in [2.75, 3.05) is 39.8 Å². The van der Waals surface area contributed by atoms with E-state index in [1.807, 2.05) is 53.4 Å². The minimum atomic E-state index is -0.117. The number of quaternary nitrogens is 1. The minimum absolute atomic E-state index is 0.0206. The van der Waals surface area contributed by atoms with E-state index >= 15 is 0 Å². The number of rotatable bonds is 4. The number of piperazine rings is 1. The largest absolute Gasteiger partial charge is 0.484 e. The van der Waals surface area contributed by atoms with Gasteiger partial charge in [-0.3, -0.25) is 9.59 Å². The van der Waals surface area contributed by atoms with Gasteiger partial charge >= 0.3 is 0 Å². The molecule has 1 N–H and O–H groups in total. The van der Waals surface area contributed by atoms with Gasteiger partial charge in [-0.2, -0.15) is 5.10 Å². The molecule has 1 aromatic heterocycles.